The van der Waals surface area contributed by atoms with E-state index in [1.165, 1.54) is 0 Å². The molecule has 0 spiro atoms. The molecular formula is C11H21N3O2S. The zero-order valence-corrected chi connectivity index (χ0v) is 11.2. The van der Waals surface area contributed by atoms with Crippen LogP contribution in [0, 0.1) is 0 Å². The van der Waals surface area contributed by atoms with Gasteiger partial charge in [-0.05, 0) is 13.0 Å². The summed E-state index contributed by atoms with van der Waals surface area (Å²) in [5.41, 5.74) is 1.10. The van der Waals surface area contributed by atoms with Crippen LogP contribution in [-0.2, 0) is 23.9 Å². The lowest BCUT2D eigenvalue weighted by Gasteiger charge is -2.08. The van der Waals surface area contributed by atoms with Gasteiger partial charge in [-0.2, -0.15) is 5.10 Å². The quantitative estimate of drug-likeness (QED) is 0.651. The average Bonchev–Trinajstić information content (AvgIpc) is 2.72. The second kappa shape index (κ2) is 7.58. The molecule has 0 aliphatic heterocycles. The van der Waals surface area contributed by atoms with Gasteiger partial charge in [0.05, 0.1) is 19.3 Å². The van der Waals surface area contributed by atoms with Gasteiger partial charge < -0.3 is 10.4 Å². The van der Waals surface area contributed by atoms with E-state index in [2.05, 4.69) is 10.4 Å². The molecule has 0 aliphatic carbocycles. The molecule has 0 aromatic carbocycles. The van der Waals surface area contributed by atoms with Gasteiger partial charge in [-0.25, -0.2) is 0 Å². The molecule has 1 aromatic rings. The van der Waals surface area contributed by atoms with E-state index in [1.807, 2.05) is 13.1 Å². The Morgan fingerprint density at radius 3 is 3.06 bits per heavy atom. The highest BCUT2D eigenvalue weighted by atomic mass is 32.2. The molecule has 98 valence electrons. The number of aromatic nitrogens is 2. The van der Waals surface area contributed by atoms with Gasteiger partial charge >= 0.3 is 0 Å². The fraction of sp³-hybridized carbons (Fsp3) is 0.727. The maximum absolute atomic E-state index is 11.1. The van der Waals surface area contributed by atoms with Crippen LogP contribution >= 0.6 is 0 Å². The van der Waals surface area contributed by atoms with E-state index in [4.69, 9.17) is 5.11 Å². The summed E-state index contributed by atoms with van der Waals surface area (Å²) in [6, 6.07) is 0. The Morgan fingerprint density at radius 2 is 2.41 bits per heavy atom. The first-order chi connectivity index (χ1) is 8.13. The van der Waals surface area contributed by atoms with E-state index in [9.17, 15) is 4.21 Å². The summed E-state index contributed by atoms with van der Waals surface area (Å²) >= 11 is 0. The minimum atomic E-state index is -0.741. The van der Waals surface area contributed by atoms with Gasteiger partial charge in [0.15, 0.2) is 0 Å². The molecule has 1 rings (SSSR count). The lowest BCUT2D eigenvalue weighted by molar-refractivity contribution is 0.269. The molecular weight excluding hydrogens is 238 g/mol. The molecule has 0 bridgehead atoms. The molecule has 0 aliphatic rings. The zero-order valence-electron chi connectivity index (χ0n) is 10.4. The topological polar surface area (TPSA) is 67.2 Å². The summed E-state index contributed by atoms with van der Waals surface area (Å²) < 4.78 is 12.9. The minimum absolute atomic E-state index is 0.106. The highest BCUT2D eigenvalue weighted by molar-refractivity contribution is 7.84. The molecule has 5 nitrogen and oxygen atoms in total. The molecule has 0 radical (unpaired) electrons. The molecule has 2 atom stereocenters. The van der Waals surface area contributed by atoms with E-state index < -0.39 is 10.8 Å². The number of hydrogen-bond acceptors (Lipinski definition) is 4. The van der Waals surface area contributed by atoms with Crippen LogP contribution in [0.25, 0.3) is 0 Å². The van der Waals surface area contributed by atoms with Crippen molar-refractivity contribution in [3.63, 3.8) is 0 Å². The van der Waals surface area contributed by atoms with Crippen molar-refractivity contribution in [1.29, 1.82) is 0 Å². The van der Waals surface area contributed by atoms with Crippen molar-refractivity contribution in [2.45, 2.75) is 31.7 Å². The van der Waals surface area contributed by atoms with E-state index in [0.717, 1.165) is 25.1 Å². The van der Waals surface area contributed by atoms with Crippen LogP contribution in [0.1, 0.15) is 18.9 Å². The molecule has 17 heavy (non-hydrogen) atoms. The molecule has 2 unspecified atom stereocenters. The Balaban J connectivity index is 2.19. The minimum Gasteiger partial charge on any atom is -0.394 e. The smallest absolute Gasteiger partial charge is 0.0640 e. The van der Waals surface area contributed by atoms with Crippen molar-refractivity contribution in [1.82, 2.24) is 15.1 Å². The molecule has 6 heteroatoms. The Hall–Kier alpha value is -0.720. The monoisotopic (exact) mass is 259 g/mol. The number of aliphatic hydroxyl groups is 1. The highest BCUT2D eigenvalue weighted by Gasteiger charge is 2.05. The number of nitrogens with one attached hydrogen (secondary N) is 1. The van der Waals surface area contributed by atoms with Crippen molar-refractivity contribution >= 4 is 10.8 Å². The predicted octanol–water partition coefficient (Wildman–Crippen LogP) is 0.122. The summed E-state index contributed by atoms with van der Waals surface area (Å²) in [4.78, 5) is 0. The van der Waals surface area contributed by atoms with Gasteiger partial charge in [0.1, 0.15) is 0 Å². The van der Waals surface area contributed by atoms with Gasteiger partial charge in [0, 0.05) is 40.6 Å². The molecule has 1 heterocycles. The highest BCUT2D eigenvalue weighted by Crippen LogP contribution is 1.99. The lowest BCUT2D eigenvalue weighted by atomic mass is 10.3. The molecule has 0 fully saturated rings. The van der Waals surface area contributed by atoms with Crippen molar-refractivity contribution < 1.29 is 9.32 Å². The molecule has 0 saturated heterocycles. The van der Waals surface area contributed by atoms with Gasteiger partial charge in [-0.3, -0.25) is 8.89 Å². The third-order valence-electron chi connectivity index (χ3n) is 2.64. The summed E-state index contributed by atoms with van der Waals surface area (Å²) in [5, 5.41) is 16.4. The first-order valence-electron chi connectivity index (χ1n) is 5.78. The maximum atomic E-state index is 11.1. The maximum Gasteiger partial charge on any atom is 0.0640 e. The Morgan fingerprint density at radius 1 is 1.65 bits per heavy atom. The predicted molar refractivity (Wildman–Crippen MR) is 69.2 cm³/mol. The summed E-state index contributed by atoms with van der Waals surface area (Å²) in [6.45, 7) is 4.25. The van der Waals surface area contributed by atoms with Gasteiger partial charge in [0.2, 0.25) is 0 Å². The van der Waals surface area contributed by atoms with Crippen LogP contribution in [-0.4, -0.2) is 43.8 Å². The lowest BCUT2D eigenvalue weighted by Crippen LogP contribution is -2.20. The van der Waals surface area contributed by atoms with Crippen molar-refractivity contribution in [3.05, 3.63) is 18.0 Å². The summed E-state index contributed by atoms with van der Waals surface area (Å²) in [6.07, 6.45) is 6.37. The van der Waals surface area contributed by atoms with Crippen LogP contribution in [0.5, 0.6) is 0 Å². The zero-order chi connectivity index (χ0) is 12.7. The SMILES string of the molecule is CC(CCNCc1cnn(CCO)c1)S(C)=O. The van der Waals surface area contributed by atoms with Crippen LogP contribution in [0.4, 0.5) is 0 Å². The first-order valence-corrected chi connectivity index (χ1v) is 7.40. The largest absolute Gasteiger partial charge is 0.394 e. The second-order valence-corrected chi connectivity index (χ2v) is 5.91. The van der Waals surface area contributed by atoms with Crippen LogP contribution in [0.3, 0.4) is 0 Å². The standard InChI is InChI=1S/C11H21N3O2S/c1-10(17(2)16)3-4-12-7-11-8-13-14(9-11)5-6-15/h8-10,12,15H,3-7H2,1-2H3. The third-order valence-corrected chi connectivity index (χ3v) is 4.01. The number of hydrogen-bond donors (Lipinski definition) is 2. The second-order valence-electron chi connectivity index (χ2n) is 4.11. The normalized spacial score (nSPS) is 14.8. The fourth-order valence-corrected chi connectivity index (χ4v) is 1.88. The van der Waals surface area contributed by atoms with E-state index in [0.29, 0.717) is 6.54 Å². The van der Waals surface area contributed by atoms with Crippen LogP contribution < -0.4 is 5.32 Å². The summed E-state index contributed by atoms with van der Waals surface area (Å²) in [7, 11) is -0.741. The molecule has 0 saturated carbocycles. The summed E-state index contributed by atoms with van der Waals surface area (Å²) in [5.74, 6) is 0. The van der Waals surface area contributed by atoms with Gasteiger partial charge in [-0.1, -0.05) is 6.92 Å². The molecule has 2 N–H and O–H groups in total. The van der Waals surface area contributed by atoms with E-state index in [-0.39, 0.29) is 11.9 Å². The Bertz CT molecular complexity index is 354. The van der Waals surface area contributed by atoms with Crippen LogP contribution in [0.2, 0.25) is 0 Å². The van der Waals surface area contributed by atoms with Crippen LogP contribution in [0.15, 0.2) is 12.4 Å². The van der Waals surface area contributed by atoms with Crippen molar-refractivity contribution in [2.75, 3.05) is 19.4 Å². The number of nitrogens with zero attached hydrogens (tertiary/aromatic N) is 2. The van der Waals surface area contributed by atoms with E-state index >= 15 is 0 Å². The molecule has 0 amide bonds. The Kier molecular flexibility index (Phi) is 6.39. The first kappa shape index (κ1) is 14.3. The number of aliphatic hydroxyl groups excluding tert-OH is 1. The van der Waals surface area contributed by atoms with Gasteiger partial charge in [-0.15, -0.1) is 0 Å². The average molecular weight is 259 g/mol. The Labute approximate surface area is 105 Å². The third kappa shape index (κ3) is 5.43. The fourth-order valence-electron chi connectivity index (χ4n) is 1.43. The van der Waals surface area contributed by atoms with Crippen molar-refractivity contribution in [2.24, 2.45) is 0 Å². The number of rotatable bonds is 8. The van der Waals surface area contributed by atoms with E-state index in [1.54, 1.807) is 17.1 Å². The van der Waals surface area contributed by atoms with Gasteiger partial charge in [0.25, 0.3) is 0 Å². The van der Waals surface area contributed by atoms with Crippen molar-refractivity contribution in [3.8, 4) is 0 Å². The molecule has 1 aromatic heterocycles.